The maximum Gasteiger partial charge on any atom is 0.234 e. The number of aryl methyl sites for hydroxylation is 1. The predicted octanol–water partition coefficient (Wildman–Crippen LogP) is 3.53. The highest BCUT2D eigenvalue weighted by atomic mass is 16.5. The van der Waals surface area contributed by atoms with Crippen molar-refractivity contribution in [2.75, 3.05) is 19.6 Å². The Morgan fingerprint density at radius 1 is 0.879 bits per heavy atom. The number of rotatable bonds is 8. The fourth-order valence-electron chi connectivity index (χ4n) is 5.05. The molecule has 2 fully saturated rings. The summed E-state index contributed by atoms with van der Waals surface area (Å²) in [5.41, 5.74) is 7.92. The molecule has 2 amide bonds. The van der Waals surface area contributed by atoms with Gasteiger partial charge in [0.1, 0.15) is 12.4 Å². The number of carbonyl (C=O) groups is 2. The van der Waals surface area contributed by atoms with Crippen LogP contribution in [0, 0.1) is 0 Å². The van der Waals surface area contributed by atoms with Crippen molar-refractivity contribution in [3.63, 3.8) is 0 Å². The Balaban J connectivity index is 1.20. The minimum absolute atomic E-state index is 0.134. The number of hydrogen-bond acceptors (Lipinski definition) is 4. The molecule has 0 radical (unpaired) electrons. The molecule has 2 aliphatic rings. The van der Waals surface area contributed by atoms with E-state index in [1.165, 1.54) is 0 Å². The van der Waals surface area contributed by atoms with Crippen LogP contribution in [0.3, 0.4) is 0 Å². The normalized spacial score (nSPS) is 19.9. The fraction of sp³-hybridized carbons (Fsp3) is 0.481. The van der Waals surface area contributed by atoms with E-state index in [1.807, 2.05) is 59.5 Å². The Hall–Kier alpha value is -2.86. The van der Waals surface area contributed by atoms with E-state index in [9.17, 15) is 9.59 Å². The number of benzene rings is 2. The van der Waals surface area contributed by atoms with Gasteiger partial charge in [-0.05, 0) is 61.9 Å². The number of hydrogen-bond donors (Lipinski definition) is 1. The molecule has 2 N–H and O–H groups in total. The Labute approximate surface area is 196 Å². The van der Waals surface area contributed by atoms with Gasteiger partial charge in [0, 0.05) is 25.6 Å². The predicted molar refractivity (Wildman–Crippen MR) is 129 cm³/mol. The zero-order chi connectivity index (χ0) is 23.0. The van der Waals surface area contributed by atoms with Crippen molar-refractivity contribution in [2.24, 2.45) is 5.73 Å². The van der Waals surface area contributed by atoms with Crippen LogP contribution in [-0.4, -0.2) is 53.3 Å². The lowest BCUT2D eigenvalue weighted by Crippen LogP contribution is -2.55. The SMILES string of the molecule is NC(=O)C1CCCCN1C1CCN(C(=O)CCc2ccc(OCc3ccccc3)cc2)CC1. The van der Waals surface area contributed by atoms with Gasteiger partial charge in [-0.1, -0.05) is 48.9 Å². The Morgan fingerprint density at radius 3 is 2.30 bits per heavy atom. The monoisotopic (exact) mass is 449 g/mol. The molecule has 0 aromatic heterocycles. The Morgan fingerprint density at radius 2 is 1.61 bits per heavy atom. The molecule has 2 saturated heterocycles. The van der Waals surface area contributed by atoms with Crippen molar-refractivity contribution >= 4 is 11.8 Å². The van der Waals surface area contributed by atoms with E-state index in [4.69, 9.17) is 10.5 Å². The zero-order valence-corrected chi connectivity index (χ0v) is 19.3. The molecule has 2 aliphatic heterocycles. The molecule has 0 aliphatic carbocycles. The summed E-state index contributed by atoms with van der Waals surface area (Å²) in [6.45, 7) is 3.01. The molecule has 2 aromatic rings. The lowest BCUT2D eigenvalue weighted by molar-refractivity contribution is -0.134. The summed E-state index contributed by atoms with van der Waals surface area (Å²) in [5.74, 6) is 0.843. The molecule has 4 rings (SSSR count). The zero-order valence-electron chi connectivity index (χ0n) is 19.3. The highest BCUT2D eigenvalue weighted by Crippen LogP contribution is 2.26. The summed E-state index contributed by atoms with van der Waals surface area (Å²) in [5, 5.41) is 0. The Bertz CT molecular complexity index is 908. The van der Waals surface area contributed by atoms with E-state index in [1.54, 1.807) is 0 Å². The molecule has 176 valence electrons. The first kappa shape index (κ1) is 23.3. The third-order valence-corrected chi connectivity index (χ3v) is 6.96. The van der Waals surface area contributed by atoms with Gasteiger partial charge in [0.25, 0.3) is 0 Å². The van der Waals surface area contributed by atoms with Gasteiger partial charge < -0.3 is 15.4 Å². The number of amides is 2. The van der Waals surface area contributed by atoms with Gasteiger partial charge in [-0.3, -0.25) is 14.5 Å². The lowest BCUT2D eigenvalue weighted by Gasteiger charge is -2.43. The first-order valence-corrected chi connectivity index (χ1v) is 12.2. The highest BCUT2D eigenvalue weighted by molar-refractivity contribution is 5.80. The number of carbonyl (C=O) groups excluding carboxylic acids is 2. The van der Waals surface area contributed by atoms with Crippen molar-refractivity contribution in [2.45, 2.75) is 63.6 Å². The summed E-state index contributed by atoms with van der Waals surface area (Å²) < 4.78 is 5.84. The summed E-state index contributed by atoms with van der Waals surface area (Å²) in [6, 6.07) is 18.4. The molecule has 0 saturated carbocycles. The standard InChI is InChI=1S/C27H35N3O3/c28-27(32)25-8-4-5-17-30(25)23-15-18-29(19-16-23)26(31)14-11-21-9-12-24(13-10-21)33-20-22-6-2-1-3-7-22/h1-3,6-7,9-10,12-13,23,25H,4-5,8,11,14-20H2,(H2,28,32). The van der Waals surface area contributed by atoms with Crippen molar-refractivity contribution in [3.8, 4) is 5.75 Å². The van der Waals surface area contributed by atoms with E-state index >= 15 is 0 Å². The molecule has 0 bridgehead atoms. The van der Waals surface area contributed by atoms with Crippen molar-refractivity contribution in [3.05, 3.63) is 65.7 Å². The third kappa shape index (κ3) is 6.35. The molecule has 0 spiro atoms. The third-order valence-electron chi connectivity index (χ3n) is 6.96. The largest absolute Gasteiger partial charge is 0.489 e. The average molecular weight is 450 g/mol. The molecule has 1 atom stereocenters. The van der Waals surface area contributed by atoms with Crippen LogP contribution in [0.1, 0.15) is 49.7 Å². The van der Waals surface area contributed by atoms with Gasteiger partial charge in [-0.2, -0.15) is 0 Å². The van der Waals surface area contributed by atoms with Crippen LogP contribution >= 0.6 is 0 Å². The van der Waals surface area contributed by atoms with Crippen LogP contribution in [0.4, 0.5) is 0 Å². The fourth-order valence-corrected chi connectivity index (χ4v) is 5.05. The van der Waals surface area contributed by atoms with E-state index in [2.05, 4.69) is 4.90 Å². The molecular formula is C27H35N3O3. The molecule has 6 heteroatoms. The van der Waals surface area contributed by atoms with Crippen molar-refractivity contribution < 1.29 is 14.3 Å². The second kappa shape index (κ2) is 11.3. The Kier molecular flexibility index (Phi) is 8.00. The number of primary amides is 1. The quantitative estimate of drug-likeness (QED) is 0.669. The topological polar surface area (TPSA) is 75.9 Å². The number of ether oxygens (including phenoxy) is 1. The van der Waals surface area contributed by atoms with Crippen LogP contribution < -0.4 is 10.5 Å². The lowest BCUT2D eigenvalue weighted by atomic mass is 9.94. The van der Waals surface area contributed by atoms with Crippen LogP contribution in [0.25, 0.3) is 0 Å². The second-order valence-electron chi connectivity index (χ2n) is 9.18. The first-order chi connectivity index (χ1) is 16.1. The van der Waals surface area contributed by atoms with Gasteiger partial charge in [0.2, 0.25) is 11.8 Å². The van der Waals surface area contributed by atoms with Gasteiger partial charge in [0.15, 0.2) is 0 Å². The van der Waals surface area contributed by atoms with Crippen LogP contribution in [0.15, 0.2) is 54.6 Å². The van der Waals surface area contributed by atoms with E-state index < -0.39 is 0 Å². The minimum Gasteiger partial charge on any atom is -0.489 e. The molecule has 2 aromatic carbocycles. The number of likely N-dealkylation sites (tertiary alicyclic amines) is 2. The van der Waals surface area contributed by atoms with Crippen LogP contribution in [0.2, 0.25) is 0 Å². The van der Waals surface area contributed by atoms with Crippen molar-refractivity contribution in [1.82, 2.24) is 9.80 Å². The number of piperidine rings is 2. The summed E-state index contributed by atoms with van der Waals surface area (Å²) in [4.78, 5) is 28.9. The van der Waals surface area contributed by atoms with Gasteiger partial charge in [0.05, 0.1) is 6.04 Å². The van der Waals surface area contributed by atoms with E-state index in [-0.39, 0.29) is 17.9 Å². The van der Waals surface area contributed by atoms with Gasteiger partial charge >= 0.3 is 0 Å². The smallest absolute Gasteiger partial charge is 0.234 e. The molecule has 2 heterocycles. The number of nitrogens with two attached hydrogens (primary N) is 1. The van der Waals surface area contributed by atoms with Gasteiger partial charge in [-0.15, -0.1) is 0 Å². The highest BCUT2D eigenvalue weighted by Gasteiger charge is 2.34. The molecule has 1 unspecified atom stereocenters. The maximum atomic E-state index is 12.8. The molecule has 33 heavy (non-hydrogen) atoms. The molecular weight excluding hydrogens is 414 g/mol. The summed E-state index contributed by atoms with van der Waals surface area (Å²) in [7, 11) is 0. The first-order valence-electron chi connectivity index (χ1n) is 12.2. The minimum atomic E-state index is -0.204. The average Bonchev–Trinajstić information content (AvgIpc) is 2.87. The van der Waals surface area contributed by atoms with E-state index in [0.29, 0.717) is 19.1 Å². The second-order valence-corrected chi connectivity index (χ2v) is 9.18. The summed E-state index contributed by atoms with van der Waals surface area (Å²) >= 11 is 0. The summed E-state index contributed by atoms with van der Waals surface area (Å²) in [6.07, 6.45) is 6.15. The van der Waals surface area contributed by atoms with Crippen LogP contribution in [-0.2, 0) is 22.6 Å². The molecule has 6 nitrogen and oxygen atoms in total. The van der Waals surface area contributed by atoms with E-state index in [0.717, 1.165) is 75.0 Å². The maximum absolute atomic E-state index is 12.8. The van der Waals surface area contributed by atoms with Crippen molar-refractivity contribution in [1.29, 1.82) is 0 Å². The van der Waals surface area contributed by atoms with Crippen LogP contribution in [0.5, 0.6) is 5.75 Å². The number of nitrogens with zero attached hydrogens (tertiary/aromatic N) is 2. The van der Waals surface area contributed by atoms with Gasteiger partial charge in [-0.25, -0.2) is 0 Å².